The first-order chi connectivity index (χ1) is 18.9. The highest BCUT2D eigenvalue weighted by Gasteiger charge is 2.28. The smallest absolute Gasteiger partial charge is 0.255 e. The highest BCUT2D eigenvalue weighted by molar-refractivity contribution is 6.31. The minimum absolute atomic E-state index is 0.232. The number of allylic oxidation sites excluding steroid dienone is 4. The van der Waals surface area contributed by atoms with Gasteiger partial charge >= 0.3 is 0 Å². The molecule has 4 rings (SSSR count). The summed E-state index contributed by atoms with van der Waals surface area (Å²) in [6.07, 6.45) is 12.3. The summed E-state index contributed by atoms with van der Waals surface area (Å²) in [5, 5.41) is 13.1. The van der Waals surface area contributed by atoms with Crippen molar-refractivity contribution >= 4 is 23.4 Å². The minimum atomic E-state index is -0.232. The van der Waals surface area contributed by atoms with Gasteiger partial charge in [-0.25, -0.2) is 0 Å². The molecule has 3 aliphatic rings. The number of rotatable bonds is 6. The molecular formula is C32H41ClN4O2. The van der Waals surface area contributed by atoms with Crippen molar-refractivity contribution < 1.29 is 9.59 Å². The van der Waals surface area contributed by atoms with E-state index >= 15 is 0 Å². The molecule has 1 aromatic carbocycles. The third-order valence-corrected chi connectivity index (χ3v) is 8.77. The van der Waals surface area contributed by atoms with E-state index in [0.29, 0.717) is 46.5 Å². The summed E-state index contributed by atoms with van der Waals surface area (Å²) in [4.78, 5) is 30.7. The maximum Gasteiger partial charge on any atom is 0.255 e. The summed E-state index contributed by atoms with van der Waals surface area (Å²) in [7, 11) is 0. The lowest BCUT2D eigenvalue weighted by Crippen LogP contribution is -2.39. The van der Waals surface area contributed by atoms with Gasteiger partial charge < -0.3 is 15.1 Å². The first-order valence-electron chi connectivity index (χ1n) is 14.5. The quantitative estimate of drug-likeness (QED) is 0.434. The van der Waals surface area contributed by atoms with Crippen molar-refractivity contribution in [3.8, 4) is 6.07 Å². The zero-order valence-electron chi connectivity index (χ0n) is 23.3. The monoisotopic (exact) mass is 548 g/mol. The van der Waals surface area contributed by atoms with Crippen molar-refractivity contribution in [1.29, 1.82) is 5.26 Å². The second kappa shape index (κ2) is 13.8. The third-order valence-electron chi connectivity index (χ3n) is 8.53. The lowest BCUT2D eigenvalue weighted by atomic mass is 9.91. The van der Waals surface area contributed by atoms with Crippen LogP contribution in [0, 0.1) is 23.2 Å². The van der Waals surface area contributed by atoms with Crippen LogP contribution in [0.2, 0.25) is 5.02 Å². The van der Waals surface area contributed by atoms with Crippen LogP contribution in [0.15, 0.2) is 59.0 Å². The first-order valence-corrected chi connectivity index (χ1v) is 14.9. The fourth-order valence-electron chi connectivity index (χ4n) is 6.03. The minimum Gasteiger partial charge on any atom is -0.370 e. The number of nitriles is 1. The Kier molecular flexibility index (Phi) is 10.3. The Morgan fingerprint density at radius 1 is 1.05 bits per heavy atom. The molecule has 208 valence electrons. The number of amides is 2. The summed E-state index contributed by atoms with van der Waals surface area (Å²) >= 11 is 6.13. The van der Waals surface area contributed by atoms with Crippen LogP contribution >= 0.6 is 11.6 Å². The van der Waals surface area contributed by atoms with E-state index in [2.05, 4.69) is 35.0 Å². The molecule has 2 amide bonds. The molecule has 0 bridgehead atoms. The Hall–Kier alpha value is -3.04. The first kappa shape index (κ1) is 29.0. The zero-order chi connectivity index (χ0) is 27.8. The Bertz CT molecular complexity index is 1190. The fraction of sp³-hybridized carbons (Fsp3) is 0.531. The third kappa shape index (κ3) is 7.76. The van der Waals surface area contributed by atoms with Crippen LogP contribution in [0.4, 0.5) is 0 Å². The summed E-state index contributed by atoms with van der Waals surface area (Å²) in [5.74, 6) is 1.22. The lowest BCUT2D eigenvalue weighted by Gasteiger charge is -2.37. The molecule has 1 aromatic rings. The maximum absolute atomic E-state index is 13.2. The van der Waals surface area contributed by atoms with Gasteiger partial charge in [0.05, 0.1) is 17.5 Å². The van der Waals surface area contributed by atoms with E-state index in [9.17, 15) is 14.9 Å². The Balaban J connectivity index is 1.44. The van der Waals surface area contributed by atoms with Crippen molar-refractivity contribution in [3.63, 3.8) is 0 Å². The maximum atomic E-state index is 13.2. The molecule has 7 heteroatoms. The highest BCUT2D eigenvalue weighted by Crippen LogP contribution is 2.31. The predicted octanol–water partition coefficient (Wildman–Crippen LogP) is 6.61. The summed E-state index contributed by atoms with van der Waals surface area (Å²) < 4.78 is 0. The fourth-order valence-corrected chi connectivity index (χ4v) is 6.23. The van der Waals surface area contributed by atoms with E-state index in [1.165, 1.54) is 12.8 Å². The van der Waals surface area contributed by atoms with Crippen molar-refractivity contribution in [2.45, 2.75) is 71.6 Å². The topological polar surface area (TPSA) is 76.4 Å². The molecule has 0 radical (unpaired) electrons. The summed E-state index contributed by atoms with van der Waals surface area (Å²) in [5.41, 5.74) is 4.07. The number of nitrogens with zero attached hydrogens (tertiary/aromatic N) is 3. The van der Waals surface area contributed by atoms with Crippen LogP contribution in [0.25, 0.3) is 0 Å². The van der Waals surface area contributed by atoms with Crippen LogP contribution in [0.1, 0.15) is 82.0 Å². The number of carbonyl (C=O) groups excluding carboxylic acids is 2. The van der Waals surface area contributed by atoms with Crippen molar-refractivity contribution in [2.75, 3.05) is 26.2 Å². The molecule has 0 spiro atoms. The number of nitrogens with one attached hydrogen (secondary N) is 1. The van der Waals surface area contributed by atoms with Crippen LogP contribution in [0.3, 0.4) is 0 Å². The van der Waals surface area contributed by atoms with E-state index in [-0.39, 0.29) is 5.91 Å². The second-order valence-electron chi connectivity index (χ2n) is 11.2. The summed E-state index contributed by atoms with van der Waals surface area (Å²) in [6.45, 7) is 7.82. The van der Waals surface area contributed by atoms with Gasteiger partial charge in [-0.15, -0.1) is 0 Å². The molecular weight excluding hydrogens is 508 g/mol. The molecule has 0 saturated carbocycles. The highest BCUT2D eigenvalue weighted by atomic mass is 35.5. The van der Waals surface area contributed by atoms with Gasteiger partial charge in [0.1, 0.15) is 0 Å². The average molecular weight is 549 g/mol. The number of likely N-dealkylation sites (tertiary alicyclic amines) is 2. The normalized spacial score (nSPS) is 21.2. The van der Waals surface area contributed by atoms with Gasteiger partial charge in [0.25, 0.3) is 5.91 Å². The van der Waals surface area contributed by atoms with Crippen molar-refractivity contribution in [2.24, 2.45) is 11.8 Å². The van der Waals surface area contributed by atoms with Crippen LogP contribution in [0.5, 0.6) is 0 Å². The number of benzene rings is 1. The van der Waals surface area contributed by atoms with E-state index < -0.39 is 0 Å². The number of piperidine rings is 1. The molecule has 1 aliphatic carbocycles. The van der Waals surface area contributed by atoms with Gasteiger partial charge in [-0.1, -0.05) is 31.0 Å². The van der Waals surface area contributed by atoms with Crippen LogP contribution in [-0.4, -0.2) is 47.8 Å². The molecule has 0 aromatic heterocycles. The van der Waals surface area contributed by atoms with Crippen molar-refractivity contribution in [3.05, 3.63) is 69.5 Å². The molecule has 2 aliphatic heterocycles. The second-order valence-corrected chi connectivity index (χ2v) is 11.6. The molecule has 39 heavy (non-hydrogen) atoms. The van der Waals surface area contributed by atoms with Crippen molar-refractivity contribution in [1.82, 2.24) is 15.1 Å². The van der Waals surface area contributed by atoms with Gasteiger partial charge in [-0.3, -0.25) is 9.59 Å². The number of halogens is 1. The molecule has 2 fully saturated rings. The molecule has 1 atom stereocenters. The summed E-state index contributed by atoms with van der Waals surface area (Å²) in [6, 6.07) is 9.18. The van der Waals surface area contributed by atoms with E-state index in [4.69, 9.17) is 11.6 Å². The van der Waals surface area contributed by atoms with Gasteiger partial charge in [-0.05, 0) is 99.6 Å². The van der Waals surface area contributed by atoms with Crippen LogP contribution in [-0.2, 0) is 4.79 Å². The number of hydrogen-bond acceptors (Lipinski definition) is 4. The standard InChI is InChI=1S/C32H41ClN4O2/c1-3-24-6-5-16-36(17-13-24)30(38)20-25-14-18-37(19-15-25)31-23(2)9-10-26(22-34)11-12-29(31)35-32(39)27-7-4-8-28(33)21-27/h4,7-8,11-12,21,24-25H,3,5-6,9-10,13-20H2,1-2H3,(H,35,39). The molecule has 2 heterocycles. The van der Waals surface area contributed by atoms with Gasteiger partial charge in [0, 0.05) is 48.8 Å². The predicted molar refractivity (Wildman–Crippen MR) is 156 cm³/mol. The molecule has 1 N–H and O–H groups in total. The number of carbonyl (C=O) groups is 2. The largest absolute Gasteiger partial charge is 0.370 e. The van der Waals surface area contributed by atoms with Crippen LogP contribution < -0.4 is 5.32 Å². The van der Waals surface area contributed by atoms with Gasteiger partial charge in [-0.2, -0.15) is 5.26 Å². The number of hydrogen-bond donors (Lipinski definition) is 1. The molecule has 6 nitrogen and oxygen atoms in total. The van der Waals surface area contributed by atoms with E-state index in [1.54, 1.807) is 24.3 Å². The van der Waals surface area contributed by atoms with E-state index in [0.717, 1.165) is 75.5 Å². The Morgan fingerprint density at radius 2 is 1.82 bits per heavy atom. The molecule has 2 saturated heterocycles. The lowest BCUT2D eigenvalue weighted by molar-refractivity contribution is -0.132. The Morgan fingerprint density at radius 3 is 2.54 bits per heavy atom. The Labute approximate surface area is 238 Å². The van der Waals surface area contributed by atoms with E-state index in [1.807, 2.05) is 12.2 Å². The zero-order valence-corrected chi connectivity index (χ0v) is 24.1. The average Bonchev–Trinajstić information content (AvgIpc) is 3.19. The van der Waals surface area contributed by atoms with Gasteiger partial charge in [0.2, 0.25) is 5.91 Å². The molecule has 1 unspecified atom stereocenters. The SMILES string of the molecule is CCC1CCCN(C(=O)CC2CCN(C3=C(C)CCC(C#N)=CC=C3NC(=O)c3cccc(Cl)c3)CC2)CC1. The van der Waals surface area contributed by atoms with Gasteiger partial charge in [0.15, 0.2) is 0 Å².